The molecule has 5 nitrogen and oxygen atoms in total. The fraction of sp³-hybridized carbons (Fsp3) is 0.188. The first-order chi connectivity index (χ1) is 11.0. The van der Waals surface area contributed by atoms with Crippen molar-refractivity contribution >= 4 is 53.3 Å². The van der Waals surface area contributed by atoms with E-state index in [0.717, 1.165) is 15.8 Å². The number of carbonyl (C=O) groups excluding carboxylic acids is 2. The highest BCUT2D eigenvalue weighted by atomic mass is 32.1. The summed E-state index contributed by atoms with van der Waals surface area (Å²) in [6.45, 7) is 3.54. The number of aromatic amines is 1. The average molecular weight is 348 g/mol. The van der Waals surface area contributed by atoms with Gasteiger partial charge in [-0.2, -0.15) is 0 Å². The third-order valence-corrected chi connectivity index (χ3v) is 3.98. The summed E-state index contributed by atoms with van der Waals surface area (Å²) in [5.74, 6) is -0.524. The van der Waals surface area contributed by atoms with Gasteiger partial charge >= 0.3 is 5.97 Å². The summed E-state index contributed by atoms with van der Waals surface area (Å²) in [6, 6.07) is 7.38. The summed E-state index contributed by atoms with van der Waals surface area (Å²) in [7, 11) is 0. The Kier molecular flexibility index (Phi) is 5.84. The fourth-order valence-corrected chi connectivity index (χ4v) is 3.04. The lowest BCUT2D eigenvalue weighted by Crippen LogP contribution is -2.23. The van der Waals surface area contributed by atoms with E-state index in [-0.39, 0.29) is 5.91 Å². The lowest BCUT2D eigenvalue weighted by Gasteiger charge is -2.01. The van der Waals surface area contributed by atoms with Crippen molar-refractivity contribution in [1.29, 1.82) is 0 Å². The number of nitrogens with one attached hydrogen (secondary N) is 2. The highest BCUT2D eigenvalue weighted by Gasteiger charge is 1.99. The Bertz CT molecular complexity index is 879. The van der Waals surface area contributed by atoms with Crippen LogP contribution in [0.3, 0.4) is 0 Å². The number of benzene rings is 1. The first-order valence-electron chi connectivity index (χ1n) is 6.95. The molecule has 0 aliphatic heterocycles. The summed E-state index contributed by atoms with van der Waals surface area (Å²) in [5.41, 5.74) is 1.66. The molecule has 0 aliphatic rings. The lowest BCUT2D eigenvalue weighted by atomic mass is 10.2. The highest BCUT2D eigenvalue weighted by molar-refractivity contribution is 7.73. The van der Waals surface area contributed by atoms with E-state index in [2.05, 4.69) is 10.3 Å². The molecule has 23 heavy (non-hydrogen) atoms. The standard InChI is InChI=1S/C16H16N2O3S2/c1-3-21-15(20)9-13-14(23-16(22)18-13)8-11-4-6-12(7-5-11)17-10(2)19/h4-9H,3H2,1-2H3,(H,17,19)(H,18,22)/b13-9-,14-8-. The summed E-state index contributed by atoms with van der Waals surface area (Å²) >= 11 is 6.52. The smallest absolute Gasteiger partial charge is 0.332 e. The highest BCUT2D eigenvalue weighted by Crippen LogP contribution is 2.09. The Morgan fingerprint density at radius 3 is 2.65 bits per heavy atom. The Balaban J connectivity index is 2.38. The maximum absolute atomic E-state index is 11.6. The van der Waals surface area contributed by atoms with Gasteiger partial charge in [-0.05, 0) is 42.9 Å². The maximum atomic E-state index is 11.6. The van der Waals surface area contributed by atoms with Gasteiger partial charge in [-0.3, -0.25) is 4.79 Å². The number of thiazole rings is 1. The van der Waals surface area contributed by atoms with Crippen LogP contribution in [0, 0.1) is 3.95 Å². The van der Waals surface area contributed by atoms with Crippen molar-refractivity contribution in [3.8, 4) is 0 Å². The molecular formula is C16H16N2O3S2. The van der Waals surface area contributed by atoms with Crippen molar-refractivity contribution in [1.82, 2.24) is 4.98 Å². The third kappa shape index (κ3) is 5.15. The van der Waals surface area contributed by atoms with Crippen molar-refractivity contribution in [2.24, 2.45) is 0 Å². The number of rotatable bonds is 4. The van der Waals surface area contributed by atoms with E-state index in [0.29, 0.717) is 15.9 Å². The largest absolute Gasteiger partial charge is 0.463 e. The number of H-pyrrole nitrogens is 1. The number of carbonyl (C=O) groups is 2. The molecule has 0 unspecified atom stereocenters. The molecule has 7 heteroatoms. The molecule has 2 N–H and O–H groups in total. The molecule has 0 aliphatic carbocycles. The fourth-order valence-electron chi connectivity index (χ4n) is 1.89. The molecule has 0 radical (unpaired) electrons. The van der Waals surface area contributed by atoms with Crippen LogP contribution in [0.5, 0.6) is 0 Å². The number of esters is 1. The molecule has 1 amide bonds. The Morgan fingerprint density at radius 1 is 1.35 bits per heavy atom. The second-order valence-corrected chi connectivity index (χ2v) is 6.36. The summed E-state index contributed by atoms with van der Waals surface area (Å²) in [6.07, 6.45) is 3.31. The second kappa shape index (κ2) is 7.85. The summed E-state index contributed by atoms with van der Waals surface area (Å²) < 4.78 is 6.34. The van der Waals surface area contributed by atoms with Crippen molar-refractivity contribution in [2.45, 2.75) is 13.8 Å². The second-order valence-electron chi connectivity index (χ2n) is 4.64. The number of anilines is 1. The quantitative estimate of drug-likeness (QED) is 0.654. The Morgan fingerprint density at radius 2 is 2.04 bits per heavy atom. The van der Waals surface area contributed by atoms with Gasteiger partial charge in [0.15, 0.2) is 3.95 Å². The molecule has 2 rings (SSSR count). The monoisotopic (exact) mass is 348 g/mol. The number of amides is 1. The van der Waals surface area contributed by atoms with E-state index < -0.39 is 5.97 Å². The van der Waals surface area contributed by atoms with Gasteiger partial charge < -0.3 is 15.0 Å². The van der Waals surface area contributed by atoms with Crippen molar-refractivity contribution in [3.63, 3.8) is 0 Å². The first-order valence-corrected chi connectivity index (χ1v) is 8.17. The molecule has 0 atom stereocenters. The number of hydrogen-bond donors (Lipinski definition) is 2. The van der Waals surface area contributed by atoms with Crippen LogP contribution in [0.15, 0.2) is 24.3 Å². The Hall–Kier alpha value is -2.25. The molecule has 1 aromatic carbocycles. The molecule has 2 aromatic rings. The van der Waals surface area contributed by atoms with Crippen LogP contribution >= 0.6 is 23.6 Å². The normalized spacial score (nSPS) is 12.3. The van der Waals surface area contributed by atoms with Crippen LogP contribution in [0.1, 0.15) is 19.4 Å². The molecule has 120 valence electrons. The zero-order chi connectivity index (χ0) is 16.8. The lowest BCUT2D eigenvalue weighted by molar-refractivity contribution is -0.135. The van der Waals surface area contributed by atoms with Crippen LogP contribution in [0.2, 0.25) is 0 Å². The van der Waals surface area contributed by atoms with Gasteiger partial charge in [-0.25, -0.2) is 4.79 Å². The van der Waals surface area contributed by atoms with Crippen LogP contribution in [-0.4, -0.2) is 23.5 Å². The summed E-state index contributed by atoms with van der Waals surface area (Å²) in [4.78, 5) is 25.6. The van der Waals surface area contributed by atoms with Gasteiger partial charge in [0.05, 0.1) is 16.5 Å². The van der Waals surface area contributed by atoms with Gasteiger partial charge in [0.2, 0.25) is 5.91 Å². The van der Waals surface area contributed by atoms with Crippen molar-refractivity contribution in [3.05, 3.63) is 43.7 Å². The minimum absolute atomic E-state index is 0.114. The van der Waals surface area contributed by atoms with E-state index in [1.165, 1.54) is 24.3 Å². The predicted octanol–water partition coefficient (Wildman–Crippen LogP) is 1.94. The maximum Gasteiger partial charge on any atom is 0.332 e. The van der Waals surface area contributed by atoms with E-state index in [1.54, 1.807) is 6.92 Å². The van der Waals surface area contributed by atoms with E-state index in [9.17, 15) is 9.59 Å². The van der Waals surface area contributed by atoms with Gasteiger partial charge in [-0.1, -0.05) is 12.1 Å². The zero-order valence-corrected chi connectivity index (χ0v) is 14.3. The van der Waals surface area contributed by atoms with Crippen molar-refractivity contribution in [2.75, 3.05) is 11.9 Å². The third-order valence-electron chi connectivity index (χ3n) is 2.78. The molecule has 1 aromatic heterocycles. The average Bonchev–Trinajstić information content (AvgIpc) is 2.80. The SMILES string of the molecule is CCOC(=O)/C=c1\[nH]c(=S)s\c1=C/c1ccc(NC(C)=O)cc1. The number of aromatic nitrogens is 1. The molecular weight excluding hydrogens is 332 g/mol. The summed E-state index contributed by atoms with van der Waals surface area (Å²) in [5, 5.41) is 3.34. The van der Waals surface area contributed by atoms with Gasteiger partial charge in [0.25, 0.3) is 0 Å². The zero-order valence-electron chi connectivity index (χ0n) is 12.7. The van der Waals surface area contributed by atoms with Crippen LogP contribution in [0.4, 0.5) is 5.69 Å². The minimum Gasteiger partial charge on any atom is -0.463 e. The molecule has 0 saturated heterocycles. The molecule has 1 heterocycles. The van der Waals surface area contributed by atoms with Crippen LogP contribution in [0.25, 0.3) is 12.2 Å². The Labute approximate surface area is 142 Å². The van der Waals surface area contributed by atoms with Gasteiger partial charge in [0.1, 0.15) is 0 Å². The molecule has 0 fully saturated rings. The van der Waals surface area contributed by atoms with E-state index in [1.807, 2.05) is 30.3 Å². The molecule has 0 spiro atoms. The molecule has 0 bridgehead atoms. The first kappa shape index (κ1) is 17.1. The van der Waals surface area contributed by atoms with Crippen molar-refractivity contribution < 1.29 is 14.3 Å². The number of ether oxygens (including phenoxy) is 1. The van der Waals surface area contributed by atoms with Crippen LogP contribution in [-0.2, 0) is 14.3 Å². The van der Waals surface area contributed by atoms with Gasteiger partial charge in [0, 0.05) is 18.7 Å². The predicted molar refractivity (Wildman–Crippen MR) is 94.2 cm³/mol. The van der Waals surface area contributed by atoms with Crippen LogP contribution < -0.4 is 15.2 Å². The van der Waals surface area contributed by atoms with E-state index >= 15 is 0 Å². The van der Waals surface area contributed by atoms with E-state index in [4.69, 9.17) is 17.0 Å². The van der Waals surface area contributed by atoms with Gasteiger partial charge in [-0.15, -0.1) is 11.3 Å². The minimum atomic E-state index is -0.410. The molecule has 0 saturated carbocycles. The number of hydrogen-bond acceptors (Lipinski definition) is 5. The topological polar surface area (TPSA) is 71.2 Å².